The average molecular weight is 208 g/mol. The third kappa shape index (κ3) is 2.19. The van der Waals surface area contributed by atoms with Crippen LogP contribution in [0.1, 0.15) is 31.9 Å². The van der Waals surface area contributed by atoms with Crippen LogP contribution in [0.25, 0.3) is 0 Å². The molecular formula is C12H20N2O. The minimum Gasteiger partial charge on any atom is -0.383 e. The quantitative estimate of drug-likeness (QED) is 0.775. The normalized spacial score (nSPS) is 16.1. The fourth-order valence-electron chi connectivity index (χ4n) is 1.64. The molecular weight excluding hydrogens is 188 g/mol. The zero-order valence-corrected chi connectivity index (χ0v) is 9.91. The third-order valence-corrected chi connectivity index (χ3v) is 2.89. The van der Waals surface area contributed by atoms with Crippen LogP contribution in [0.2, 0.25) is 0 Å². The predicted octanol–water partition coefficient (Wildman–Crippen LogP) is 1.58. The van der Waals surface area contributed by atoms with Crippen LogP contribution in [-0.4, -0.2) is 16.6 Å². The van der Waals surface area contributed by atoms with Gasteiger partial charge >= 0.3 is 0 Å². The fraction of sp³-hybridized carbons (Fsp3) is 0.583. The van der Waals surface area contributed by atoms with Gasteiger partial charge in [-0.3, -0.25) is 4.98 Å². The van der Waals surface area contributed by atoms with Gasteiger partial charge in [0, 0.05) is 24.5 Å². The van der Waals surface area contributed by atoms with Gasteiger partial charge in [0.05, 0.1) is 0 Å². The molecule has 0 aliphatic heterocycles. The van der Waals surface area contributed by atoms with E-state index in [2.05, 4.69) is 4.98 Å². The Morgan fingerprint density at radius 1 is 1.33 bits per heavy atom. The molecule has 15 heavy (non-hydrogen) atoms. The summed E-state index contributed by atoms with van der Waals surface area (Å²) in [7, 11) is 0. The molecule has 1 rings (SSSR count). The Labute approximate surface area is 91.3 Å². The number of nitrogens with zero attached hydrogens (tertiary/aromatic N) is 1. The van der Waals surface area contributed by atoms with Crippen molar-refractivity contribution in [2.45, 2.75) is 33.3 Å². The molecule has 1 aromatic heterocycles. The Kier molecular flexibility index (Phi) is 3.16. The SMILES string of the molecule is Cc1cncc(C(O)(CN)C(C)(C)C)c1. The lowest BCUT2D eigenvalue weighted by molar-refractivity contribution is -0.0560. The number of nitrogens with two attached hydrogens (primary N) is 1. The third-order valence-electron chi connectivity index (χ3n) is 2.89. The number of aromatic nitrogens is 1. The number of rotatable bonds is 2. The summed E-state index contributed by atoms with van der Waals surface area (Å²) in [5.74, 6) is 0. The van der Waals surface area contributed by atoms with Gasteiger partial charge in [0.2, 0.25) is 0 Å². The molecule has 0 spiro atoms. The molecule has 1 aromatic rings. The highest BCUT2D eigenvalue weighted by Crippen LogP contribution is 2.38. The molecule has 1 heterocycles. The van der Waals surface area contributed by atoms with Crippen LogP contribution in [0.3, 0.4) is 0 Å². The van der Waals surface area contributed by atoms with Crippen molar-refractivity contribution in [1.82, 2.24) is 4.98 Å². The lowest BCUT2D eigenvalue weighted by Gasteiger charge is -2.39. The molecule has 0 saturated heterocycles. The molecule has 0 radical (unpaired) electrons. The first-order valence-electron chi connectivity index (χ1n) is 5.16. The first-order valence-corrected chi connectivity index (χ1v) is 5.16. The van der Waals surface area contributed by atoms with E-state index < -0.39 is 5.60 Å². The summed E-state index contributed by atoms with van der Waals surface area (Å²) in [5.41, 5.74) is 6.19. The van der Waals surface area contributed by atoms with Crippen LogP contribution in [0.5, 0.6) is 0 Å². The Hall–Kier alpha value is -0.930. The summed E-state index contributed by atoms with van der Waals surface area (Å²) in [6.07, 6.45) is 3.45. The largest absolute Gasteiger partial charge is 0.383 e. The van der Waals surface area contributed by atoms with Gasteiger partial charge in [-0.15, -0.1) is 0 Å². The van der Waals surface area contributed by atoms with Gasteiger partial charge in [-0.1, -0.05) is 26.8 Å². The second-order valence-electron chi connectivity index (χ2n) is 5.07. The lowest BCUT2D eigenvalue weighted by atomic mass is 9.72. The van der Waals surface area contributed by atoms with Crippen LogP contribution in [0.4, 0.5) is 0 Å². The standard InChI is InChI=1S/C12H20N2O/c1-9-5-10(7-14-6-9)12(15,8-13)11(2,3)4/h5-7,15H,8,13H2,1-4H3. The number of pyridine rings is 1. The molecule has 0 aliphatic rings. The smallest absolute Gasteiger partial charge is 0.108 e. The zero-order valence-electron chi connectivity index (χ0n) is 9.91. The molecule has 3 N–H and O–H groups in total. The summed E-state index contributed by atoms with van der Waals surface area (Å²) in [6, 6.07) is 1.94. The van der Waals surface area contributed by atoms with Crippen molar-refractivity contribution in [1.29, 1.82) is 0 Å². The summed E-state index contributed by atoms with van der Waals surface area (Å²) in [4.78, 5) is 4.10. The maximum Gasteiger partial charge on any atom is 0.108 e. The minimum absolute atomic E-state index is 0.196. The summed E-state index contributed by atoms with van der Waals surface area (Å²) in [6.45, 7) is 8.07. The second-order valence-corrected chi connectivity index (χ2v) is 5.07. The van der Waals surface area contributed by atoms with E-state index >= 15 is 0 Å². The molecule has 1 unspecified atom stereocenters. The van der Waals surface area contributed by atoms with Crippen molar-refractivity contribution < 1.29 is 5.11 Å². The second kappa shape index (κ2) is 3.91. The van der Waals surface area contributed by atoms with Crippen molar-refractivity contribution in [3.05, 3.63) is 29.6 Å². The fourth-order valence-corrected chi connectivity index (χ4v) is 1.64. The molecule has 0 aliphatic carbocycles. The van der Waals surface area contributed by atoms with Crippen LogP contribution in [0, 0.1) is 12.3 Å². The van der Waals surface area contributed by atoms with E-state index in [0.717, 1.165) is 11.1 Å². The van der Waals surface area contributed by atoms with Crippen LogP contribution >= 0.6 is 0 Å². The van der Waals surface area contributed by atoms with Crippen LogP contribution in [0.15, 0.2) is 18.5 Å². The molecule has 0 bridgehead atoms. The van der Waals surface area contributed by atoms with Gasteiger partial charge < -0.3 is 10.8 Å². The molecule has 84 valence electrons. The molecule has 0 aromatic carbocycles. The van der Waals surface area contributed by atoms with Gasteiger partial charge in [0.25, 0.3) is 0 Å². The topological polar surface area (TPSA) is 59.1 Å². The predicted molar refractivity (Wildman–Crippen MR) is 61.4 cm³/mol. The summed E-state index contributed by atoms with van der Waals surface area (Å²) >= 11 is 0. The van der Waals surface area contributed by atoms with Crippen LogP contribution in [-0.2, 0) is 5.60 Å². The van der Waals surface area contributed by atoms with E-state index in [1.165, 1.54) is 0 Å². The Morgan fingerprint density at radius 3 is 2.33 bits per heavy atom. The highest BCUT2D eigenvalue weighted by atomic mass is 16.3. The van der Waals surface area contributed by atoms with Crippen molar-refractivity contribution in [2.24, 2.45) is 11.1 Å². The zero-order chi connectivity index (χ0) is 11.7. The Bertz CT molecular complexity index is 344. The van der Waals surface area contributed by atoms with Gasteiger partial charge in [-0.25, -0.2) is 0 Å². The minimum atomic E-state index is -1.02. The number of hydrogen-bond donors (Lipinski definition) is 2. The number of aliphatic hydroxyl groups is 1. The van der Waals surface area contributed by atoms with Crippen LogP contribution < -0.4 is 5.73 Å². The molecule has 0 amide bonds. The highest BCUT2D eigenvalue weighted by molar-refractivity contribution is 5.25. The van der Waals surface area contributed by atoms with E-state index in [-0.39, 0.29) is 12.0 Å². The molecule has 3 nitrogen and oxygen atoms in total. The van der Waals surface area contributed by atoms with Crippen molar-refractivity contribution in [2.75, 3.05) is 6.54 Å². The Balaban J connectivity index is 3.23. The van der Waals surface area contributed by atoms with E-state index in [1.54, 1.807) is 12.4 Å². The van der Waals surface area contributed by atoms with Gasteiger partial charge in [0.15, 0.2) is 0 Å². The Morgan fingerprint density at radius 2 is 1.93 bits per heavy atom. The first kappa shape index (κ1) is 12.1. The maximum absolute atomic E-state index is 10.6. The molecule has 0 fully saturated rings. The lowest BCUT2D eigenvalue weighted by Crippen LogP contribution is -2.46. The van der Waals surface area contributed by atoms with E-state index in [9.17, 15) is 5.11 Å². The van der Waals surface area contributed by atoms with Gasteiger partial charge in [-0.05, 0) is 17.9 Å². The van der Waals surface area contributed by atoms with Crippen molar-refractivity contribution >= 4 is 0 Å². The van der Waals surface area contributed by atoms with Crippen molar-refractivity contribution in [3.63, 3.8) is 0 Å². The molecule has 0 saturated carbocycles. The van der Waals surface area contributed by atoms with E-state index in [0.29, 0.717) is 0 Å². The summed E-state index contributed by atoms with van der Waals surface area (Å²) in [5, 5.41) is 10.6. The average Bonchev–Trinajstić information content (AvgIpc) is 2.14. The molecule has 3 heteroatoms. The summed E-state index contributed by atoms with van der Waals surface area (Å²) < 4.78 is 0. The van der Waals surface area contributed by atoms with Crippen molar-refractivity contribution in [3.8, 4) is 0 Å². The highest BCUT2D eigenvalue weighted by Gasteiger charge is 2.40. The monoisotopic (exact) mass is 208 g/mol. The number of aryl methyl sites for hydroxylation is 1. The first-order chi connectivity index (χ1) is 6.81. The number of hydrogen-bond acceptors (Lipinski definition) is 3. The van der Waals surface area contributed by atoms with E-state index in [1.807, 2.05) is 33.8 Å². The maximum atomic E-state index is 10.6. The van der Waals surface area contributed by atoms with Gasteiger partial charge in [-0.2, -0.15) is 0 Å². The molecule has 1 atom stereocenters. The van der Waals surface area contributed by atoms with E-state index in [4.69, 9.17) is 5.73 Å². The van der Waals surface area contributed by atoms with Gasteiger partial charge in [0.1, 0.15) is 5.60 Å².